The number of allylic oxidation sites excluding steroid dienone is 4. The molecule has 2 nitrogen and oxygen atoms in total. The predicted molar refractivity (Wildman–Crippen MR) is 188 cm³/mol. The molecule has 0 atom stereocenters. The molecule has 1 N–H and O–H groups in total. The van der Waals surface area contributed by atoms with Gasteiger partial charge in [-0.1, -0.05) is 154 Å². The molecule has 0 aliphatic carbocycles. The molecule has 244 valence electrons. The van der Waals surface area contributed by atoms with Gasteiger partial charge in [-0.3, -0.25) is 4.98 Å². The number of nitrogens with one attached hydrogen (secondary N) is 1. The Morgan fingerprint density at radius 3 is 1.12 bits per heavy atom. The van der Waals surface area contributed by atoms with Crippen LogP contribution in [0.1, 0.15) is 213 Å². The summed E-state index contributed by atoms with van der Waals surface area (Å²) in [5, 5.41) is 0. The monoisotopic (exact) mass is 584 g/mol. The summed E-state index contributed by atoms with van der Waals surface area (Å²) in [6, 6.07) is 0.685. The van der Waals surface area contributed by atoms with Crippen molar-refractivity contribution in [2.45, 2.75) is 213 Å². The van der Waals surface area contributed by atoms with Crippen LogP contribution in [-0.4, -0.2) is 4.98 Å². The highest BCUT2D eigenvalue weighted by molar-refractivity contribution is 4.82. The first kappa shape index (κ1) is 38.7. The van der Waals surface area contributed by atoms with Crippen molar-refractivity contribution < 1.29 is 4.57 Å². The number of H-pyrrole nitrogens is 1. The average Bonchev–Trinajstić information content (AvgIpc) is 3.54. The van der Waals surface area contributed by atoms with Crippen molar-refractivity contribution >= 4 is 0 Å². The molecular weight excluding hydrogens is 508 g/mol. The number of aromatic nitrogens is 2. The van der Waals surface area contributed by atoms with Crippen LogP contribution in [0.15, 0.2) is 43.0 Å². The fourth-order valence-electron chi connectivity index (χ4n) is 6.23. The molecule has 2 heteroatoms. The average molecular weight is 584 g/mol. The third kappa shape index (κ3) is 26.3. The van der Waals surface area contributed by atoms with E-state index in [0.29, 0.717) is 6.04 Å². The molecule has 0 amide bonds. The number of unbranched alkanes of at least 4 members (excludes halogenated alkanes) is 24. The summed E-state index contributed by atoms with van der Waals surface area (Å²) < 4.78 is 2.44. The Kier molecular flexibility index (Phi) is 30.1. The molecule has 0 spiro atoms. The molecule has 0 unspecified atom stereocenters. The maximum absolute atomic E-state index is 3.27. The van der Waals surface area contributed by atoms with Gasteiger partial charge in [0.1, 0.15) is 18.4 Å². The maximum Gasteiger partial charge on any atom is 0.241 e. The van der Waals surface area contributed by atoms with Crippen LogP contribution in [0.2, 0.25) is 0 Å². The number of imidazole rings is 1. The first-order valence-corrected chi connectivity index (χ1v) is 19.2. The van der Waals surface area contributed by atoms with Gasteiger partial charge >= 0.3 is 0 Å². The minimum Gasteiger partial charge on any atom is -0.250 e. The molecule has 0 fully saturated rings. The second kappa shape index (κ2) is 32.6. The van der Waals surface area contributed by atoms with Crippen molar-refractivity contribution in [2.75, 3.05) is 0 Å². The van der Waals surface area contributed by atoms with Gasteiger partial charge in [0.05, 0.1) is 0 Å². The Hall–Kier alpha value is -1.31. The molecule has 0 bridgehead atoms. The summed E-state index contributed by atoms with van der Waals surface area (Å²) in [4.78, 5) is 3.27. The van der Waals surface area contributed by atoms with E-state index in [1.54, 1.807) is 0 Å². The SMILES string of the molecule is CCCCCCCC/C=C\CCCCCCCCC(CCCCCCCC/C=C\CCCCCCCC)[n+]1cc[nH]c1. The zero-order valence-electron chi connectivity index (χ0n) is 28.8. The molecule has 0 saturated heterocycles. The smallest absolute Gasteiger partial charge is 0.241 e. The summed E-state index contributed by atoms with van der Waals surface area (Å²) in [6.45, 7) is 4.59. The van der Waals surface area contributed by atoms with E-state index in [-0.39, 0.29) is 0 Å². The van der Waals surface area contributed by atoms with Crippen molar-refractivity contribution in [3.8, 4) is 0 Å². The number of nitrogens with zero attached hydrogens (tertiary/aromatic N) is 1. The molecule has 1 rings (SSSR count). The quantitative estimate of drug-likeness (QED) is 0.0482. The Labute approximate surface area is 264 Å². The Morgan fingerprint density at radius 1 is 0.452 bits per heavy atom. The molecule has 1 heterocycles. The van der Waals surface area contributed by atoms with Crippen LogP contribution in [0.25, 0.3) is 0 Å². The van der Waals surface area contributed by atoms with Crippen LogP contribution >= 0.6 is 0 Å². The van der Waals surface area contributed by atoms with E-state index in [2.05, 4.69) is 66.4 Å². The topological polar surface area (TPSA) is 19.7 Å². The minimum atomic E-state index is 0.685. The van der Waals surface area contributed by atoms with Crippen LogP contribution in [0.4, 0.5) is 0 Å². The number of aromatic amines is 1. The van der Waals surface area contributed by atoms with Gasteiger partial charge in [-0.2, -0.15) is 0 Å². The van der Waals surface area contributed by atoms with Gasteiger partial charge in [-0.05, 0) is 77.0 Å². The van der Waals surface area contributed by atoms with Gasteiger partial charge in [-0.25, -0.2) is 4.57 Å². The first-order valence-electron chi connectivity index (χ1n) is 19.2. The number of hydrogen-bond acceptors (Lipinski definition) is 0. The highest BCUT2D eigenvalue weighted by atomic mass is 15.0. The second-order valence-corrected chi connectivity index (χ2v) is 13.2. The summed E-state index contributed by atoms with van der Waals surface area (Å²) >= 11 is 0. The van der Waals surface area contributed by atoms with Crippen LogP contribution in [-0.2, 0) is 0 Å². The predicted octanol–water partition coefficient (Wildman–Crippen LogP) is 13.7. The zero-order chi connectivity index (χ0) is 30.0. The zero-order valence-corrected chi connectivity index (χ0v) is 28.8. The van der Waals surface area contributed by atoms with E-state index in [1.165, 1.54) is 193 Å². The van der Waals surface area contributed by atoms with E-state index in [9.17, 15) is 0 Å². The fraction of sp³-hybridized carbons (Fsp3) is 0.825. The summed E-state index contributed by atoms with van der Waals surface area (Å²) in [7, 11) is 0. The Balaban J connectivity index is 1.95. The minimum absolute atomic E-state index is 0.685. The lowest BCUT2D eigenvalue weighted by Crippen LogP contribution is -2.37. The first-order chi connectivity index (χ1) is 20.9. The number of rotatable bonds is 33. The van der Waals surface area contributed by atoms with Crippen molar-refractivity contribution in [3.05, 3.63) is 43.0 Å². The van der Waals surface area contributed by atoms with Gasteiger partial charge in [0, 0.05) is 0 Å². The Bertz CT molecular complexity index is 632. The fourth-order valence-corrected chi connectivity index (χ4v) is 6.23. The Morgan fingerprint density at radius 2 is 0.786 bits per heavy atom. The number of hydrogen-bond donors (Lipinski definition) is 1. The van der Waals surface area contributed by atoms with E-state index in [4.69, 9.17) is 0 Å². The van der Waals surface area contributed by atoms with Gasteiger partial charge < -0.3 is 0 Å². The van der Waals surface area contributed by atoms with E-state index in [1.807, 2.05) is 0 Å². The van der Waals surface area contributed by atoms with Crippen LogP contribution in [0.5, 0.6) is 0 Å². The molecular formula is C40H75N2+. The highest BCUT2D eigenvalue weighted by Gasteiger charge is 2.14. The second-order valence-electron chi connectivity index (χ2n) is 13.2. The lowest BCUT2D eigenvalue weighted by molar-refractivity contribution is -0.723. The third-order valence-corrected chi connectivity index (χ3v) is 9.09. The molecule has 0 aliphatic heterocycles. The molecule has 0 saturated carbocycles. The van der Waals surface area contributed by atoms with Crippen molar-refractivity contribution in [2.24, 2.45) is 0 Å². The molecule has 0 aliphatic rings. The van der Waals surface area contributed by atoms with Crippen molar-refractivity contribution in [1.82, 2.24) is 4.98 Å². The summed E-state index contributed by atoms with van der Waals surface area (Å²) in [6.07, 6.45) is 57.8. The van der Waals surface area contributed by atoms with Gasteiger partial charge in [0.25, 0.3) is 0 Å². The molecule has 1 aromatic heterocycles. The largest absolute Gasteiger partial charge is 0.250 e. The van der Waals surface area contributed by atoms with Crippen molar-refractivity contribution in [3.63, 3.8) is 0 Å². The van der Waals surface area contributed by atoms with Crippen LogP contribution in [0, 0.1) is 0 Å². The molecule has 0 radical (unpaired) electrons. The highest BCUT2D eigenvalue weighted by Crippen LogP contribution is 2.20. The summed E-state index contributed by atoms with van der Waals surface area (Å²) in [5.74, 6) is 0. The molecule has 42 heavy (non-hydrogen) atoms. The normalized spacial score (nSPS) is 12.1. The van der Waals surface area contributed by atoms with Crippen LogP contribution < -0.4 is 4.57 Å². The van der Waals surface area contributed by atoms with Gasteiger partial charge in [0.15, 0.2) is 0 Å². The lowest BCUT2D eigenvalue weighted by Gasteiger charge is -2.14. The third-order valence-electron chi connectivity index (χ3n) is 9.09. The molecule has 1 aromatic rings. The molecule has 0 aromatic carbocycles. The van der Waals surface area contributed by atoms with Crippen molar-refractivity contribution in [1.29, 1.82) is 0 Å². The lowest BCUT2D eigenvalue weighted by atomic mass is 9.99. The van der Waals surface area contributed by atoms with Gasteiger partial charge in [-0.15, -0.1) is 0 Å². The van der Waals surface area contributed by atoms with Gasteiger partial charge in [0.2, 0.25) is 6.33 Å². The van der Waals surface area contributed by atoms with E-state index >= 15 is 0 Å². The summed E-state index contributed by atoms with van der Waals surface area (Å²) in [5.41, 5.74) is 0. The van der Waals surface area contributed by atoms with E-state index < -0.39 is 0 Å². The standard InChI is InChI=1S/C40H74N2/c1-3-5-7-9-11-13-15-17-19-21-23-25-27-29-31-33-35-40(42-38-37-41-39-42)36-34-32-30-28-26-24-22-20-18-16-14-12-10-8-6-4-2/h17-20,37-40H,3-16,21-36H2,1-2H3/p+1/b19-17-,20-18-. The maximum atomic E-state index is 3.27. The van der Waals surface area contributed by atoms with Crippen LogP contribution in [0.3, 0.4) is 0 Å². The van der Waals surface area contributed by atoms with E-state index in [0.717, 1.165) is 0 Å².